The molecule has 1 nitrogen and oxygen atoms in total. The molecule has 1 aliphatic heterocycles. The molecule has 2 aromatic carbocycles. The van der Waals surface area contributed by atoms with Crippen LogP contribution in [0.3, 0.4) is 0 Å². The molecule has 1 fully saturated rings. The normalized spacial score (nSPS) is 25.1. The molecule has 0 radical (unpaired) electrons. The monoisotopic (exact) mass is 277 g/mol. The summed E-state index contributed by atoms with van der Waals surface area (Å²) in [5.74, 6) is 1.58. The van der Waals surface area contributed by atoms with Crippen LogP contribution in [0.2, 0.25) is 0 Å². The van der Waals surface area contributed by atoms with Gasteiger partial charge in [0.05, 0.1) is 0 Å². The van der Waals surface area contributed by atoms with Crippen molar-refractivity contribution < 1.29 is 0 Å². The van der Waals surface area contributed by atoms with Crippen molar-refractivity contribution in [2.24, 2.45) is 11.8 Å². The third kappa shape index (κ3) is 2.89. The van der Waals surface area contributed by atoms with Crippen LogP contribution in [-0.2, 0) is 12.8 Å². The van der Waals surface area contributed by atoms with E-state index in [1.807, 2.05) is 0 Å². The van der Waals surface area contributed by atoms with Gasteiger partial charge in [-0.2, -0.15) is 0 Å². The Hall–Kier alpha value is -1.60. The minimum Gasteiger partial charge on any atom is -0.309 e. The fraction of sp³-hybridized carbons (Fsp3) is 0.400. The van der Waals surface area contributed by atoms with Crippen LogP contribution >= 0.6 is 0 Å². The molecule has 0 saturated heterocycles. The lowest BCUT2D eigenvalue weighted by Gasteiger charge is -2.18. The minimum atomic E-state index is 0.599. The second-order valence-electron chi connectivity index (χ2n) is 6.68. The van der Waals surface area contributed by atoms with Crippen molar-refractivity contribution in [3.8, 4) is 0 Å². The molecule has 4 rings (SSSR count). The van der Waals surface area contributed by atoms with E-state index in [0.717, 1.165) is 12.5 Å². The van der Waals surface area contributed by atoms with Gasteiger partial charge in [0.25, 0.3) is 0 Å². The highest BCUT2D eigenvalue weighted by Crippen LogP contribution is 2.43. The molecular weight excluding hydrogens is 254 g/mol. The highest BCUT2D eigenvalue weighted by Gasteiger charge is 2.35. The fourth-order valence-corrected chi connectivity index (χ4v) is 3.75. The predicted molar refractivity (Wildman–Crippen MR) is 87.2 cm³/mol. The fourth-order valence-electron chi connectivity index (χ4n) is 3.75. The first kappa shape index (κ1) is 13.1. The Morgan fingerprint density at radius 3 is 2.48 bits per heavy atom. The van der Waals surface area contributed by atoms with Crippen LogP contribution in [-0.4, -0.2) is 6.54 Å². The van der Waals surface area contributed by atoms with Crippen molar-refractivity contribution >= 4 is 0 Å². The maximum Gasteiger partial charge on any atom is 0.0351 e. The van der Waals surface area contributed by atoms with Crippen LogP contribution in [0, 0.1) is 11.8 Å². The van der Waals surface area contributed by atoms with E-state index in [1.54, 1.807) is 11.1 Å². The lowest BCUT2D eigenvalue weighted by atomic mass is 9.90. The van der Waals surface area contributed by atoms with Crippen molar-refractivity contribution in [2.75, 3.05) is 6.54 Å². The summed E-state index contributed by atoms with van der Waals surface area (Å²) in [5, 5.41) is 3.87. The quantitative estimate of drug-likeness (QED) is 0.889. The van der Waals surface area contributed by atoms with Crippen LogP contribution in [0.5, 0.6) is 0 Å². The summed E-state index contributed by atoms with van der Waals surface area (Å²) in [7, 11) is 0. The molecule has 2 aliphatic rings. The summed E-state index contributed by atoms with van der Waals surface area (Å²) < 4.78 is 0. The molecular formula is C20H23N. The predicted octanol–water partition coefficient (Wildman–Crippen LogP) is 4.14. The molecule has 2 atom stereocenters. The van der Waals surface area contributed by atoms with Crippen LogP contribution in [0.25, 0.3) is 0 Å². The van der Waals surface area contributed by atoms with Gasteiger partial charge in [-0.15, -0.1) is 0 Å². The largest absolute Gasteiger partial charge is 0.309 e. The van der Waals surface area contributed by atoms with E-state index in [2.05, 4.69) is 59.9 Å². The highest BCUT2D eigenvalue weighted by atomic mass is 14.9. The van der Waals surface area contributed by atoms with Gasteiger partial charge in [0.1, 0.15) is 0 Å². The minimum absolute atomic E-state index is 0.599. The van der Waals surface area contributed by atoms with E-state index in [-0.39, 0.29) is 0 Å². The van der Waals surface area contributed by atoms with Gasteiger partial charge in [-0.3, -0.25) is 0 Å². The second kappa shape index (κ2) is 5.65. The van der Waals surface area contributed by atoms with Gasteiger partial charge < -0.3 is 5.32 Å². The zero-order chi connectivity index (χ0) is 14.1. The molecule has 0 bridgehead atoms. The van der Waals surface area contributed by atoms with Crippen molar-refractivity contribution in [3.05, 3.63) is 71.3 Å². The molecule has 2 aromatic rings. The van der Waals surface area contributed by atoms with E-state index < -0.39 is 0 Å². The average Bonchev–Trinajstić information content (AvgIpc) is 3.34. The van der Waals surface area contributed by atoms with Crippen molar-refractivity contribution in [1.82, 2.24) is 5.32 Å². The maximum atomic E-state index is 3.87. The first-order chi connectivity index (χ1) is 10.4. The van der Waals surface area contributed by atoms with Gasteiger partial charge in [0, 0.05) is 6.04 Å². The summed E-state index contributed by atoms with van der Waals surface area (Å²) in [5.41, 5.74) is 4.60. The van der Waals surface area contributed by atoms with E-state index >= 15 is 0 Å². The average molecular weight is 277 g/mol. The Labute approximate surface area is 127 Å². The molecule has 1 heterocycles. The molecule has 2 unspecified atom stereocenters. The number of fused-ring (bicyclic) bond motifs is 1. The lowest BCUT2D eigenvalue weighted by Crippen LogP contribution is -2.27. The Balaban J connectivity index is 1.57. The third-order valence-corrected chi connectivity index (χ3v) is 4.99. The number of hydrogen-bond acceptors (Lipinski definition) is 1. The van der Waals surface area contributed by atoms with Crippen molar-refractivity contribution in [1.29, 1.82) is 0 Å². The summed E-state index contributed by atoms with van der Waals surface area (Å²) in [4.78, 5) is 0. The van der Waals surface area contributed by atoms with Gasteiger partial charge in [0.2, 0.25) is 0 Å². The van der Waals surface area contributed by atoms with Gasteiger partial charge in [-0.25, -0.2) is 0 Å². The molecule has 0 amide bonds. The molecule has 108 valence electrons. The highest BCUT2D eigenvalue weighted by molar-refractivity contribution is 5.33. The van der Waals surface area contributed by atoms with E-state index in [9.17, 15) is 0 Å². The molecule has 21 heavy (non-hydrogen) atoms. The van der Waals surface area contributed by atoms with Gasteiger partial charge in [-0.05, 0) is 60.8 Å². The molecule has 0 spiro atoms. The Kier molecular flexibility index (Phi) is 3.52. The summed E-state index contributed by atoms with van der Waals surface area (Å²) in [6.07, 6.45) is 5.19. The Morgan fingerprint density at radius 2 is 1.67 bits per heavy atom. The molecule has 1 aliphatic carbocycles. The van der Waals surface area contributed by atoms with Crippen LogP contribution < -0.4 is 5.32 Å². The molecule has 1 saturated carbocycles. The van der Waals surface area contributed by atoms with E-state index in [0.29, 0.717) is 12.0 Å². The number of hydrogen-bond donors (Lipinski definition) is 1. The number of rotatable bonds is 3. The Bertz CT molecular complexity index is 600. The standard InChI is InChI=1S/C20H23N/c1-2-6-15(7-3-1)12-16-13-18-8-4-5-9-19(18)20(21-14-16)17-10-11-17/h1-9,16-17,20-21H,10-14H2. The first-order valence-corrected chi connectivity index (χ1v) is 8.25. The molecule has 1 heteroatoms. The first-order valence-electron chi connectivity index (χ1n) is 8.25. The van der Waals surface area contributed by atoms with Crippen LogP contribution in [0.15, 0.2) is 54.6 Å². The van der Waals surface area contributed by atoms with Crippen molar-refractivity contribution in [2.45, 2.75) is 31.7 Å². The summed E-state index contributed by atoms with van der Waals surface area (Å²) >= 11 is 0. The number of nitrogens with one attached hydrogen (secondary N) is 1. The molecule has 1 N–H and O–H groups in total. The topological polar surface area (TPSA) is 12.0 Å². The van der Waals surface area contributed by atoms with Gasteiger partial charge >= 0.3 is 0 Å². The molecule has 0 aromatic heterocycles. The van der Waals surface area contributed by atoms with Crippen molar-refractivity contribution in [3.63, 3.8) is 0 Å². The Morgan fingerprint density at radius 1 is 0.905 bits per heavy atom. The summed E-state index contributed by atoms with van der Waals surface area (Å²) in [6, 6.07) is 20.6. The zero-order valence-corrected chi connectivity index (χ0v) is 12.5. The van der Waals surface area contributed by atoms with E-state index in [4.69, 9.17) is 0 Å². The maximum absolute atomic E-state index is 3.87. The van der Waals surface area contributed by atoms with Crippen LogP contribution in [0.4, 0.5) is 0 Å². The number of benzene rings is 2. The van der Waals surface area contributed by atoms with Crippen LogP contribution in [0.1, 0.15) is 35.6 Å². The van der Waals surface area contributed by atoms with Gasteiger partial charge in [0.15, 0.2) is 0 Å². The summed E-state index contributed by atoms with van der Waals surface area (Å²) in [6.45, 7) is 1.14. The zero-order valence-electron chi connectivity index (χ0n) is 12.5. The lowest BCUT2D eigenvalue weighted by molar-refractivity contribution is 0.425. The smallest absolute Gasteiger partial charge is 0.0351 e. The van der Waals surface area contributed by atoms with Gasteiger partial charge in [-0.1, -0.05) is 54.6 Å². The SMILES string of the molecule is c1ccc(CC2CNC(C3CC3)c3ccccc3C2)cc1. The third-order valence-electron chi connectivity index (χ3n) is 4.99. The second-order valence-corrected chi connectivity index (χ2v) is 6.68. The van der Waals surface area contributed by atoms with E-state index in [1.165, 1.54) is 31.2 Å².